The molecule has 3 rings (SSSR count). The first kappa shape index (κ1) is 17.9. The summed E-state index contributed by atoms with van der Waals surface area (Å²) in [5.41, 5.74) is 2.69. The van der Waals surface area contributed by atoms with E-state index in [1.165, 1.54) is 0 Å². The molecule has 0 bridgehead atoms. The summed E-state index contributed by atoms with van der Waals surface area (Å²) >= 11 is 0. The molecule has 0 N–H and O–H groups in total. The van der Waals surface area contributed by atoms with Gasteiger partial charge in [0.1, 0.15) is 0 Å². The van der Waals surface area contributed by atoms with Crippen LogP contribution in [0.5, 0.6) is 0 Å². The zero-order valence-electron chi connectivity index (χ0n) is 15.4. The van der Waals surface area contributed by atoms with Crippen molar-refractivity contribution in [3.05, 3.63) is 30.1 Å². The zero-order valence-corrected chi connectivity index (χ0v) is 15.4. The zero-order chi connectivity index (χ0) is 17.8. The molecule has 1 aromatic carbocycles. The number of methoxy groups -OCH3 is 1. The van der Waals surface area contributed by atoms with Crippen molar-refractivity contribution in [2.24, 2.45) is 0 Å². The molecule has 6 nitrogen and oxygen atoms in total. The van der Waals surface area contributed by atoms with Crippen LogP contribution in [0.2, 0.25) is 0 Å². The van der Waals surface area contributed by atoms with Crippen LogP contribution >= 0.6 is 0 Å². The van der Waals surface area contributed by atoms with Gasteiger partial charge in [-0.2, -0.15) is 0 Å². The average molecular weight is 344 g/mol. The number of fused-ring (bicyclic) bond motifs is 1. The van der Waals surface area contributed by atoms with Crippen molar-refractivity contribution in [3.8, 4) is 0 Å². The molecule has 2 heterocycles. The highest BCUT2D eigenvalue weighted by molar-refractivity contribution is 5.97. The van der Waals surface area contributed by atoms with Crippen LogP contribution in [0.25, 0.3) is 11.0 Å². The van der Waals surface area contributed by atoms with Gasteiger partial charge in [-0.05, 0) is 45.0 Å². The number of hydrogen-bond acceptors (Lipinski definition) is 4. The van der Waals surface area contributed by atoms with Gasteiger partial charge in [-0.1, -0.05) is 0 Å². The number of ether oxygens (including phenoxy) is 1. The lowest BCUT2D eigenvalue weighted by Crippen LogP contribution is -2.36. The number of nitrogens with zero attached hydrogens (tertiary/aromatic N) is 4. The Labute approximate surface area is 149 Å². The van der Waals surface area contributed by atoms with Crippen molar-refractivity contribution < 1.29 is 9.53 Å². The summed E-state index contributed by atoms with van der Waals surface area (Å²) in [4.78, 5) is 21.7. The summed E-state index contributed by atoms with van der Waals surface area (Å²) < 4.78 is 7.29. The van der Waals surface area contributed by atoms with Gasteiger partial charge in [0.25, 0.3) is 5.91 Å². The summed E-state index contributed by atoms with van der Waals surface area (Å²) in [6, 6.07) is 6.22. The number of aromatic nitrogens is 2. The smallest absolute Gasteiger partial charge is 0.253 e. The second kappa shape index (κ2) is 7.97. The number of carbonyl (C=O) groups excluding carboxylic acids is 1. The minimum absolute atomic E-state index is 0.106. The first-order valence-electron chi connectivity index (χ1n) is 9.07. The monoisotopic (exact) mass is 344 g/mol. The molecule has 25 heavy (non-hydrogen) atoms. The molecule has 1 saturated heterocycles. The highest BCUT2D eigenvalue weighted by atomic mass is 16.5. The van der Waals surface area contributed by atoms with Gasteiger partial charge in [0.05, 0.1) is 24.0 Å². The van der Waals surface area contributed by atoms with E-state index in [4.69, 9.17) is 4.74 Å². The standard InChI is InChI=1S/C19H28N4O2/c1-15(2)23-14-20-17-13-16(5-6-18(17)23)19(24)22-8-4-7-21(9-10-22)11-12-25-3/h5-6,13-15H,4,7-12H2,1-3H3. The van der Waals surface area contributed by atoms with Crippen molar-refractivity contribution in [3.63, 3.8) is 0 Å². The Morgan fingerprint density at radius 2 is 2.08 bits per heavy atom. The number of carbonyl (C=O) groups is 1. The Balaban J connectivity index is 1.71. The van der Waals surface area contributed by atoms with E-state index in [-0.39, 0.29) is 5.91 Å². The molecule has 0 atom stereocenters. The molecule has 0 radical (unpaired) electrons. The van der Waals surface area contributed by atoms with E-state index < -0.39 is 0 Å². The summed E-state index contributed by atoms with van der Waals surface area (Å²) in [7, 11) is 1.73. The van der Waals surface area contributed by atoms with Gasteiger partial charge in [0, 0.05) is 44.9 Å². The second-order valence-electron chi connectivity index (χ2n) is 6.93. The van der Waals surface area contributed by atoms with Crippen LogP contribution in [0.1, 0.15) is 36.7 Å². The predicted molar refractivity (Wildman–Crippen MR) is 99.0 cm³/mol. The van der Waals surface area contributed by atoms with E-state index in [1.54, 1.807) is 7.11 Å². The minimum atomic E-state index is 0.106. The van der Waals surface area contributed by atoms with Crippen molar-refractivity contribution in [1.82, 2.24) is 19.4 Å². The lowest BCUT2D eigenvalue weighted by atomic mass is 10.1. The molecule has 6 heteroatoms. The Hall–Kier alpha value is -1.92. The Kier molecular flexibility index (Phi) is 5.71. The van der Waals surface area contributed by atoms with Crippen LogP contribution in [-0.4, -0.2) is 71.7 Å². The molecule has 1 amide bonds. The van der Waals surface area contributed by atoms with E-state index in [2.05, 4.69) is 28.3 Å². The van der Waals surface area contributed by atoms with Gasteiger partial charge in [-0.3, -0.25) is 9.69 Å². The molecule has 0 aliphatic carbocycles. The lowest BCUT2D eigenvalue weighted by molar-refractivity contribution is 0.0759. The van der Waals surface area contributed by atoms with Crippen LogP contribution < -0.4 is 0 Å². The normalized spacial score (nSPS) is 16.6. The quantitative estimate of drug-likeness (QED) is 0.836. The van der Waals surface area contributed by atoms with E-state index in [0.29, 0.717) is 6.04 Å². The van der Waals surface area contributed by atoms with Crippen molar-refractivity contribution in [2.45, 2.75) is 26.3 Å². The fourth-order valence-corrected chi connectivity index (χ4v) is 3.38. The van der Waals surface area contributed by atoms with Crippen LogP contribution in [0.4, 0.5) is 0 Å². The van der Waals surface area contributed by atoms with Gasteiger partial charge < -0.3 is 14.2 Å². The van der Waals surface area contributed by atoms with Crippen LogP contribution in [0.15, 0.2) is 24.5 Å². The molecule has 1 aliphatic rings. The van der Waals surface area contributed by atoms with Crippen molar-refractivity contribution in [2.75, 3.05) is 46.4 Å². The molecule has 1 fully saturated rings. The first-order valence-corrected chi connectivity index (χ1v) is 9.07. The average Bonchev–Trinajstić information content (AvgIpc) is 2.90. The second-order valence-corrected chi connectivity index (χ2v) is 6.93. The predicted octanol–water partition coefficient (Wildman–Crippen LogP) is 2.41. The number of amides is 1. The van der Waals surface area contributed by atoms with Crippen molar-refractivity contribution in [1.29, 1.82) is 0 Å². The maximum absolute atomic E-state index is 12.9. The Morgan fingerprint density at radius 3 is 2.84 bits per heavy atom. The minimum Gasteiger partial charge on any atom is -0.383 e. The Morgan fingerprint density at radius 1 is 1.24 bits per heavy atom. The molecule has 0 spiro atoms. The molecule has 1 aliphatic heterocycles. The molecule has 136 valence electrons. The fourth-order valence-electron chi connectivity index (χ4n) is 3.38. The number of hydrogen-bond donors (Lipinski definition) is 0. The highest BCUT2D eigenvalue weighted by Gasteiger charge is 2.21. The highest BCUT2D eigenvalue weighted by Crippen LogP contribution is 2.20. The molecule has 1 aromatic heterocycles. The molecule has 0 saturated carbocycles. The third-order valence-electron chi connectivity index (χ3n) is 4.87. The van der Waals surface area contributed by atoms with E-state index >= 15 is 0 Å². The SMILES string of the molecule is COCCN1CCCN(C(=O)c2ccc3c(c2)ncn3C(C)C)CC1. The van der Waals surface area contributed by atoms with Gasteiger partial charge in [0.15, 0.2) is 0 Å². The Bertz CT molecular complexity index is 725. The van der Waals surface area contributed by atoms with Gasteiger partial charge in [-0.25, -0.2) is 4.98 Å². The van der Waals surface area contributed by atoms with Crippen molar-refractivity contribution >= 4 is 16.9 Å². The summed E-state index contributed by atoms with van der Waals surface area (Å²) in [5.74, 6) is 0.106. The maximum atomic E-state index is 12.9. The van der Waals surface area contributed by atoms with Gasteiger partial charge in [-0.15, -0.1) is 0 Å². The lowest BCUT2D eigenvalue weighted by Gasteiger charge is -2.22. The summed E-state index contributed by atoms with van der Waals surface area (Å²) in [5, 5.41) is 0. The first-order chi connectivity index (χ1) is 12.1. The third-order valence-corrected chi connectivity index (χ3v) is 4.87. The van der Waals surface area contributed by atoms with Gasteiger partial charge >= 0.3 is 0 Å². The largest absolute Gasteiger partial charge is 0.383 e. The molecule has 0 unspecified atom stereocenters. The maximum Gasteiger partial charge on any atom is 0.253 e. The van der Waals surface area contributed by atoms with E-state index in [1.807, 2.05) is 29.4 Å². The summed E-state index contributed by atoms with van der Waals surface area (Å²) in [6.45, 7) is 9.42. The number of benzene rings is 1. The number of rotatable bonds is 5. The van der Waals surface area contributed by atoms with Gasteiger partial charge in [0.2, 0.25) is 0 Å². The fraction of sp³-hybridized carbons (Fsp3) is 0.579. The summed E-state index contributed by atoms with van der Waals surface area (Å²) in [6.07, 6.45) is 2.85. The topological polar surface area (TPSA) is 50.6 Å². The van der Waals surface area contributed by atoms with Crippen LogP contribution in [0.3, 0.4) is 0 Å². The third kappa shape index (κ3) is 4.02. The van der Waals surface area contributed by atoms with Crippen LogP contribution in [0, 0.1) is 0 Å². The number of imidazole rings is 1. The molecule has 2 aromatic rings. The van der Waals surface area contributed by atoms with E-state index in [0.717, 1.165) is 62.3 Å². The van der Waals surface area contributed by atoms with Crippen LogP contribution in [-0.2, 0) is 4.74 Å². The molecular formula is C19H28N4O2. The molecular weight excluding hydrogens is 316 g/mol. The van der Waals surface area contributed by atoms with E-state index in [9.17, 15) is 4.79 Å².